The molecule has 0 amide bonds. The summed E-state index contributed by atoms with van der Waals surface area (Å²) in [6.45, 7) is 1.27. The average Bonchev–Trinajstić information content (AvgIpc) is 2.83. The van der Waals surface area contributed by atoms with Gasteiger partial charge in [0.2, 0.25) is 0 Å². The fourth-order valence-electron chi connectivity index (χ4n) is 1.67. The van der Waals surface area contributed by atoms with E-state index in [2.05, 4.69) is 0 Å². The van der Waals surface area contributed by atoms with Gasteiger partial charge in [-0.1, -0.05) is 36.4 Å². The van der Waals surface area contributed by atoms with Crippen LogP contribution >= 0.6 is 0 Å². The highest BCUT2D eigenvalue weighted by molar-refractivity contribution is 5.59. The van der Waals surface area contributed by atoms with Crippen LogP contribution in [0.15, 0.2) is 30.3 Å². The van der Waals surface area contributed by atoms with Crippen molar-refractivity contribution in [2.75, 3.05) is 13.2 Å². The minimum Gasteiger partial charge on any atom is -0.346 e. The first-order chi connectivity index (χ1) is 7.92. The molecule has 0 aromatic heterocycles. The number of rotatable bonds is 4. The second-order valence-corrected chi connectivity index (χ2v) is 3.51. The van der Waals surface area contributed by atoms with Gasteiger partial charge in [0.1, 0.15) is 6.29 Å². The van der Waals surface area contributed by atoms with Gasteiger partial charge in [-0.25, -0.2) is 0 Å². The molecule has 0 spiro atoms. The third-order valence-corrected chi connectivity index (χ3v) is 2.40. The molecule has 0 aliphatic carbocycles. The Kier molecular flexibility index (Phi) is 3.86. The number of benzene rings is 1. The van der Waals surface area contributed by atoms with Crippen LogP contribution in [0.4, 0.5) is 0 Å². The van der Waals surface area contributed by atoms with Gasteiger partial charge in [-0.15, -0.1) is 0 Å². The molecule has 0 radical (unpaired) electrons. The zero-order valence-electron chi connectivity index (χ0n) is 8.96. The number of aldehydes is 1. The van der Waals surface area contributed by atoms with Crippen LogP contribution in [0.2, 0.25) is 0 Å². The van der Waals surface area contributed by atoms with Crippen LogP contribution in [0.1, 0.15) is 23.8 Å². The number of hydrogen-bond donors (Lipinski definition) is 0. The third-order valence-electron chi connectivity index (χ3n) is 2.40. The van der Waals surface area contributed by atoms with Crippen molar-refractivity contribution in [3.8, 4) is 0 Å². The summed E-state index contributed by atoms with van der Waals surface area (Å²) in [7, 11) is 0. The van der Waals surface area contributed by atoms with E-state index in [1.807, 2.05) is 36.4 Å². The van der Waals surface area contributed by atoms with Gasteiger partial charge in [0.15, 0.2) is 6.29 Å². The van der Waals surface area contributed by atoms with Crippen molar-refractivity contribution in [3.63, 3.8) is 0 Å². The molecule has 3 heteroatoms. The highest BCUT2D eigenvalue weighted by Crippen LogP contribution is 2.26. The summed E-state index contributed by atoms with van der Waals surface area (Å²) < 4.78 is 10.9. The molecule has 1 aliphatic rings. The second-order valence-electron chi connectivity index (χ2n) is 3.51. The Morgan fingerprint density at radius 2 is 2.00 bits per heavy atom. The molecule has 1 aromatic carbocycles. The molecule has 1 aliphatic heterocycles. The molecule has 1 saturated heterocycles. The van der Waals surface area contributed by atoms with Crippen LogP contribution in [0.25, 0.3) is 6.08 Å². The standard InChI is InChI=1S/C13H14O3/c14-8-4-3-6-11-5-1-2-7-12(11)13-15-9-10-16-13/h1-3,5-8,13H,4,9-10H2. The summed E-state index contributed by atoms with van der Waals surface area (Å²) >= 11 is 0. The summed E-state index contributed by atoms with van der Waals surface area (Å²) in [6.07, 6.45) is 4.80. The lowest BCUT2D eigenvalue weighted by Gasteiger charge is -2.12. The van der Waals surface area contributed by atoms with Gasteiger partial charge in [-0.05, 0) is 5.56 Å². The lowest BCUT2D eigenvalue weighted by molar-refractivity contribution is -0.107. The molecule has 0 saturated carbocycles. The summed E-state index contributed by atoms with van der Waals surface area (Å²) in [6, 6.07) is 7.88. The van der Waals surface area contributed by atoms with Crippen molar-refractivity contribution in [2.45, 2.75) is 12.7 Å². The molecule has 0 atom stereocenters. The largest absolute Gasteiger partial charge is 0.346 e. The predicted molar refractivity (Wildman–Crippen MR) is 60.8 cm³/mol. The quantitative estimate of drug-likeness (QED) is 0.727. The zero-order chi connectivity index (χ0) is 11.2. The molecule has 1 fully saturated rings. The topological polar surface area (TPSA) is 35.5 Å². The maximum absolute atomic E-state index is 10.2. The molecule has 84 valence electrons. The van der Waals surface area contributed by atoms with Gasteiger partial charge >= 0.3 is 0 Å². The first-order valence-electron chi connectivity index (χ1n) is 5.34. The van der Waals surface area contributed by atoms with Crippen LogP contribution in [0.3, 0.4) is 0 Å². The normalized spacial score (nSPS) is 17.0. The molecule has 0 N–H and O–H groups in total. The Morgan fingerprint density at radius 3 is 2.75 bits per heavy atom. The number of carbonyl (C=O) groups excluding carboxylic acids is 1. The maximum atomic E-state index is 10.2. The lowest BCUT2D eigenvalue weighted by Crippen LogP contribution is -2.00. The zero-order valence-corrected chi connectivity index (χ0v) is 8.96. The first-order valence-corrected chi connectivity index (χ1v) is 5.34. The molecule has 16 heavy (non-hydrogen) atoms. The van der Waals surface area contributed by atoms with E-state index in [0.29, 0.717) is 19.6 Å². The Balaban J connectivity index is 2.19. The second kappa shape index (κ2) is 5.58. The van der Waals surface area contributed by atoms with Gasteiger partial charge in [0.05, 0.1) is 13.2 Å². The van der Waals surface area contributed by atoms with E-state index in [1.165, 1.54) is 0 Å². The third kappa shape index (κ3) is 2.56. The summed E-state index contributed by atoms with van der Waals surface area (Å²) in [4.78, 5) is 10.2. The Labute approximate surface area is 94.7 Å². The molecule has 1 aromatic rings. The highest BCUT2D eigenvalue weighted by atomic mass is 16.7. The molecular formula is C13H14O3. The van der Waals surface area contributed by atoms with Crippen LogP contribution < -0.4 is 0 Å². The fourth-order valence-corrected chi connectivity index (χ4v) is 1.67. The van der Waals surface area contributed by atoms with E-state index in [-0.39, 0.29) is 6.29 Å². The Morgan fingerprint density at radius 1 is 1.25 bits per heavy atom. The number of carbonyl (C=O) groups is 1. The molecule has 2 rings (SSSR count). The van der Waals surface area contributed by atoms with Crippen molar-refractivity contribution in [1.82, 2.24) is 0 Å². The molecule has 3 nitrogen and oxygen atoms in total. The predicted octanol–water partition coefficient (Wildman–Crippen LogP) is 2.33. The summed E-state index contributed by atoms with van der Waals surface area (Å²) in [5.74, 6) is 0. The number of hydrogen-bond acceptors (Lipinski definition) is 3. The average molecular weight is 218 g/mol. The fraction of sp³-hybridized carbons (Fsp3) is 0.308. The van der Waals surface area contributed by atoms with Crippen LogP contribution in [-0.4, -0.2) is 19.5 Å². The lowest BCUT2D eigenvalue weighted by atomic mass is 10.1. The Hall–Kier alpha value is -1.45. The minimum absolute atomic E-state index is 0.267. The van der Waals surface area contributed by atoms with Gasteiger partial charge in [-0.2, -0.15) is 0 Å². The number of allylic oxidation sites excluding steroid dienone is 1. The van der Waals surface area contributed by atoms with Crippen molar-refractivity contribution >= 4 is 12.4 Å². The van der Waals surface area contributed by atoms with E-state index in [9.17, 15) is 4.79 Å². The van der Waals surface area contributed by atoms with Crippen LogP contribution in [-0.2, 0) is 14.3 Å². The molecular weight excluding hydrogens is 204 g/mol. The smallest absolute Gasteiger partial charge is 0.184 e. The van der Waals surface area contributed by atoms with Gasteiger partial charge < -0.3 is 14.3 Å². The van der Waals surface area contributed by atoms with Gasteiger partial charge in [-0.3, -0.25) is 0 Å². The highest BCUT2D eigenvalue weighted by Gasteiger charge is 2.19. The van der Waals surface area contributed by atoms with Gasteiger partial charge in [0.25, 0.3) is 0 Å². The Bertz CT molecular complexity index is 379. The van der Waals surface area contributed by atoms with E-state index < -0.39 is 0 Å². The van der Waals surface area contributed by atoms with Gasteiger partial charge in [0, 0.05) is 12.0 Å². The summed E-state index contributed by atoms with van der Waals surface area (Å²) in [5.41, 5.74) is 2.05. The van der Waals surface area contributed by atoms with Crippen LogP contribution in [0, 0.1) is 0 Å². The number of ether oxygens (including phenoxy) is 2. The minimum atomic E-state index is -0.267. The first kappa shape index (κ1) is 11.0. The van der Waals surface area contributed by atoms with E-state index in [1.54, 1.807) is 0 Å². The maximum Gasteiger partial charge on any atom is 0.184 e. The molecule has 0 bridgehead atoms. The van der Waals surface area contributed by atoms with Crippen molar-refractivity contribution in [3.05, 3.63) is 41.5 Å². The molecule has 1 heterocycles. The monoisotopic (exact) mass is 218 g/mol. The van der Waals surface area contributed by atoms with Crippen molar-refractivity contribution < 1.29 is 14.3 Å². The van der Waals surface area contributed by atoms with Crippen molar-refractivity contribution in [2.24, 2.45) is 0 Å². The van der Waals surface area contributed by atoms with E-state index in [4.69, 9.17) is 9.47 Å². The molecule has 0 unspecified atom stereocenters. The van der Waals surface area contributed by atoms with E-state index in [0.717, 1.165) is 17.4 Å². The van der Waals surface area contributed by atoms with E-state index >= 15 is 0 Å². The summed E-state index contributed by atoms with van der Waals surface area (Å²) in [5, 5.41) is 0. The van der Waals surface area contributed by atoms with Crippen LogP contribution in [0.5, 0.6) is 0 Å². The SMILES string of the molecule is O=CCC=Cc1ccccc1C1OCCO1. The van der Waals surface area contributed by atoms with Crippen molar-refractivity contribution in [1.29, 1.82) is 0 Å².